The van der Waals surface area contributed by atoms with E-state index in [0.717, 1.165) is 12.3 Å². The van der Waals surface area contributed by atoms with Gasteiger partial charge >= 0.3 is 0 Å². The SMILES string of the molecule is C[Si]1(C)CN(C(=O)CN2CC(c3ccccc3)CC2=O)C[Si](C)(C)O1. The molecular formula is C18H28N2O3Si2. The maximum Gasteiger partial charge on any atom is 0.241 e. The molecule has 2 saturated heterocycles. The van der Waals surface area contributed by atoms with Crippen molar-refractivity contribution in [2.75, 3.05) is 25.4 Å². The van der Waals surface area contributed by atoms with E-state index in [4.69, 9.17) is 4.12 Å². The fraction of sp³-hybridized carbons (Fsp3) is 0.556. The summed E-state index contributed by atoms with van der Waals surface area (Å²) in [5, 5.41) is 0. The lowest BCUT2D eigenvalue weighted by Gasteiger charge is -2.45. The van der Waals surface area contributed by atoms with Gasteiger partial charge in [0.25, 0.3) is 0 Å². The minimum absolute atomic E-state index is 0.0755. The van der Waals surface area contributed by atoms with E-state index in [1.165, 1.54) is 5.56 Å². The van der Waals surface area contributed by atoms with Crippen LogP contribution in [0.25, 0.3) is 0 Å². The van der Waals surface area contributed by atoms with Gasteiger partial charge in [-0.05, 0) is 31.8 Å². The van der Waals surface area contributed by atoms with Gasteiger partial charge in [0.05, 0.1) is 6.54 Å². The number of likely N-dealkylation sites (tertiary alicyclic amines) is 1. The normalized spacial score (nSPS) is 25.3. The third kappa shape index (κ3) is 4.40. The number of benzene rings is 1. The highest BCUT2D eigenvalue weighted by Crippen LogP contribution is 2.28. The Morgan fingerprint density at radius 1 is 1.12 bits per heavy atom. The van der Waals surface area contributed by atoms with Crippen LogP contribution in [0.2, 0.25) is 26.2 Å². The molecule has 2 fully saturated rings. The van der Waals surface area contributed by atoms with E-state index >= 15 is 0 Å². The summed E-state index contributed by atoms with van der Waals surface area (Å²) in [5.41, 5.74) is 1.18. The van der Waals surface area contributed by atoms with E-state index in [1.54, 1.807) is 4.90 Å². The molecule has 0 aliphatic carbocycles. The molecule has 1 aromatic carbocycles. The fourth-order valence-corrected chi connectivity index (χ4v) is 13.2. The molecule has 7 heteroatoms. The molecule has 3 rings (SSSR count). The topological polar surface area (TPSA) is 49.9 Å². The first-order valence-corrected chi connectivity index (χ1v) is 15.2. The number of carbonyl (C=O) groups excluding carboxylic acids is 2. The zero-order chi connectivity index (χ0) is 18.2. The van der Waals surface area contributed by atoms with Gasteiger partial charge in [0, 0.05) is 31.2 Å². The summed E-state index contributed by atoms with van der Waals surface area (Å²) in [5.74, 6) is 0.359. The van der Waals surface area contributed by atoms with Crippen LogP contribution >= 0.6 is 0 Å². The monoisotopic (exact) mass is 376 g/mol. The van der Waals surface area contributed by atoms with E-state index in [1.807, 2.05) is 23.1 Å². The van der Waals surface area contributed by atoms with Gasteiger partial charge in [0.15, 0.2) is 16.6 Å². The lowest BCUT2D eigenvalue weighted by molar-refractivity contribution is -0.137. The van der Waals surface area contributed by atoms with Crippen LogP contribution in [0.15, 0.2) is 30.3 Å². The van der Waals surface area contributed by atoms with E-state index in [-0.39, 0.29) is 24.3 Å². The van der Waals surface area contributed by atoms with Crippen molar-refractivity contribution in [2.45, 2.75) is 38.5 Å². The Bertz CT molecular complexity index is 648. The molecule has 0 spiro atoms. The summed E-state index contributed by atoms with van der Waals surface area (Å²) in [4.78, 5) is 28.9. The molecular weight excluding hydrogens is 348 g/mol. The summed E-state index contributed by atoms with van der Waals surface area (Å²) in [6.45, 7) is 9.54. The Kier molecular flexibility index (Phi) is 4.92. The first kappa shape index (κ1) is 18.3. The van der Waals surface area contributed by atoms with Crippen LogP contribution in [-0.2, 0) is 13.7 Å². The lowest BCUT2D eigenvalue weighted by atomic mass is 9.99. The summed E-state index contributed by atoms with van der Waals surface area (Å²) >= 11 is 0. The zero-order valence-corrected chi connectivity index (χ0v) is 17.6. The molecule has 0 aromatic heterocycles. The van der Waals surface area contributed by atoms with Crippen molar-refractivity contribution in [3.8, 4) is 0 Å². The van der Waals surface area contributed by atoms with Crippen LogP contribution < -0.4 is 0 Å². The molecule has 1 atom stereocenters. The zero-order valence-electron chi connectivity index (χ0n) is 15.6. The number of rotatable bonds is 3. The van der Waals surface area contributed by atoms with Gasteiger partial charge in [-0.1, -0.05) is 30.3 Å². The number of nitrogens with zero attached hydrogens (tertiary/aromatic N) is 2. The Morgan fingerprint density at radius 3 is 2.32 bits per heavy atom. The van der Waals surface area contributed by atoms with Crippen molar-refractivity contribution < 1.29 is 13.7 Å². The number of carbonyl (C=O) groups is 2. The summed E-state index contributed by atoms with van der Waals surface area (Å²) in [6.07, 6.45) is 1.96. The van der Waals surface area contributed by atoms with Gasteiger partial charge in [-0.2, -0.15) is 0 Å². The van der Waals surface area contributed by atoms with Crippen LogP contribution in [0.5, 0.6) is 0 Å². The van der Waals surface area contributed by atoms with Crippen LogP contribution in [0.4, 0.5) is 0 Å². The first-order valence-electron chi connectivity index (χ1n) is 8.96. The molecule has 2 aliphatic heterocycles. The predicted molar refractivity (Wildman–Crippen MR) is 103 cm³/mol. The molecule has 1 unspecified atom stereocenters. The standard InChI is InChI=1S/C18H28N2O3Si2/c1-24(2)13-20(14-25(3,4)23-24)18(22)12-19-11-16(10-17(19)21)15-8-6-5-7-9-15/h5-9,16H,10-14H2,1-4H3. The van der Waals surface area contributed by atoms with Gasteiger partial charge < -0.3 is 13.9 Å². The smallest absolute Gasteiger partial charge is 0.241 e. The minimum atomic E-state index is -1.83. The predicted octanol–water partition coefficient (Wildman–Crippen LogP) is 2.35. The van der Waals surface area contributed by atoms with Gasteiger partial charge in [-0.25, -0.2) is 0 Å². The van der Waals surface area contributed by atoms with E-state index < -0.39 is 16.6 Å². The van der Waals surface area contributed by atoms with Gasteiger partial charge in [-0.15, -0.1) is 0 Å². The van der Waals surface area contributed by atoms with Crippen LogP contribution in [0, 0.1) is 0 Å². The number of amides is 2. The average Bonchev–Trinajstić information content (AvgIpc) is 2.86. The first-order chi connectivity index (χ1) is 11.7. The summed E-state index contributed by atoms with van der Waals surface area (Å²) < 4.78 is 6.31. The molecule has 0 saturated carbocycles. The molecule has 5 nitrogen and oxygen atoms in total. The molecule has 2 heterocycles. The molecule has 2 amide bonds. The Labute approximate surface area is 152 Å². The summed E-state index contributed by atoms with van der Waals surface area (Å²) in [7, 11) is -3.65. The van der Waals surface area contributed by atoms with Crippen molar-refractivity contribution in [2.24, 2.45) is 0 Å². The minimum Gasteiger partial charge on any atom is -0.453 e. The van der Waals surface area contributed by atoms with Crippen LogP contribution in [0.1, 0.15) is 17.9 Å². The van der Waals surface area contributed by atoms with Crippen molar-refractivity contribution in [3.05, 3.63) is 35.9 Å². The number of hydrogen-bond donors (Lipinski definition) is 0. The quantitative estimate of drug-likeness (QED) is 0.761. The van der Waals surface area contributed by atoms with E-state index in [9.17, 15) is 9.59 Å². The molecule has 0 radical (unpaired) electrons. The molecule has 1 aromatic rings. The van der Waals surface area contributed by atoms with Crippen molar-refractivity contribution >= 4 is 28.4 Å². The second-order valence-corrected chi connectivity index (χ2v) is 16.9. The largest absolute Gasteiger partial charge is 0.453 e. The van der Waals surface area contributed by atoms with Crippen molar-refractivity contribution in [3.63, 3.8) is 0 Å². The molecule has 2 aliphatic rings. The Morgan fingerprint density at radius 2 is 1.72 bits per heavy atom. The van der Waals surface area contributed by atoms with Crippen molar-refractivity contribution in [1.82, 2.24) is 9.80 Å². The molecule has 25 heavy (non-hydrogen) atoms. The van der Waals surface area contributed by atoms with E-state index in [0.29, 0.717) is 13.0 Å². The highest BCUT2D eigenvalue weighted by Gasteiger charge is 2.43. The lowest BCUT2D eigenvalue weighted by Crippen LogP contribution is -2.65. The average molecular weight is 377 g/mol. The second-order valence-electron chi connectivity index (χ2n) is 8.46. The number of hydrogen-bond acceptors (Lipinski definition) is 3. The van der Waals surface area contributed by atoms with Gasteiger partial charge in [0.2, 0.25) is 11.8 Å². The van der Waals surface area contributed by atoms with Crippen LogP contribution in [-0.4, -0.2) is 63.7 Å². The van der Waals surface area contributed by atoms with Gasteiger partial charge in [0.1, 0.15) is 0 Å². The molecule has 0 bridgehead atoms. The van der Waals surface area contributed by atoms with Crippen molar-refractivity contribution in [1.29, 1.82) is 0 Å². The van der Waals surface area contributed by atoms with Gasteiger partial charge in [-0.3, -0.25) is 9.59 Å². The van der Waals surface area contributed by atoms with Crippen LogP contribution in [0.3, 0.4) is 0 Å². The maximum atomic E-state index is 12.8. The summed E-state index contributed by atoms with van der Waals surface area (Å²) in [6, 6.07) is 10.1. The highest BCUT2D eigenvalue weighted by molar-refractivity contribution is 6.86. The molecule has 136 valence electrons. The molecule has 0 N–H and O–H groups in total. The second kappa shape index (κ2) is 6.70. The Hall–Kier alpha value is -1.45. The van der Waals surface area contributed by atoms with E-state index in [2.05, 4.69) is 38.3 Å². The highest BCUT2D eigenvalue weighted by atomic mass is 28.4. The fourth-order valence-electron chi connectivity index (χ4n) is 4.10. The third-order valence-corrected chi connectivity index (χ3v) is 11.6. The Balaban J connectivity index is 1.64. The third-order valence-electron chi connectivity index (χ3n) is 4.86. The maximum absolute atomic E-state index is 12.8.